The summed E-state index contributed by atoms with van der Waals surface area (Å²) in [5, 5.41) is 2.62. The molecule has 4 saturated heterocycles. The van der Waals surface area contributed by atoms with Crippen molar-refractivity contribution in [3.05, 3.63) is 58.2 Å². The minimum Gasteiger partial charge on any atom is -0.444 e. The highest BCUT2D eigenvalue weighted by molar-refractivity contribution is 7.91. The van der Waals surface area contributed by atoms with Gasteiger partial charge in [0.1, 0.15) is 5.60 Å². The average molecular weight is 913 g/mol. The van der Waals surface area contributed by atoms with Crippen LogP contribution in [0, 0.1) is 13.8 Å². The van der Waals surface area contributed by atoms with Gasteiger partial charge in [-0.2, -0.15) is 0 Å². The summed E-state index contributed by atoms with van der Waals surface area (Å²) in [7, 11) is -7.10. The number of pyridine rings is 2. The number of ether oxygens (including phenoxy) is 1. The predicted octanol–water partition coefficient (Wildman–Crippen LogP) is 4.17. The maximum absolute atomic E-state index is 12.6. The van der Waals surface area contributed by atoms with E-state index in [1.807, 2.05) is 58.9 Å². The van der Waals surface area contributed by atoms with Gasteiger partial charge in [0.15, 0.2) is 0 Å². The number of likely N-dealkylation sites (tertiary alicyclic amines) is 3. The first-order chi connectivity index (χ1) is 29.7. The fraction of sp³-hybridized carbons (Fsp3) is 0.711. The van der Waals surface area contributed by atoms with E-state index < -0.39 is 48.0 Å². The van der Waals surface area contributed by atoms with Gasteiger partial charge in [-0.25, -0.2) is 21.6 Å². The number of aryl methyl sites for hydroxylation is 2. The summed E-state index contributed by atoms with van der Waals surface area (Å²) in [6, 6.07) is 7.96. The number of hydrogen-bond acceptors (Lipinski definition) is 13. The summed E-state index contributed by atoms with van der Waals surface area (Å²) in [5.74, 6) is -1.01. The molecule has 2 saturated carbocycles. The third-order valence-corrected chi connectivity index (χ3v) is 17.3. The van der Waals surface area contributed by atoms with E-state index >= 15 is 0 Å². The molecule has 348 valence electrons. The Bertz CT molecular complexity index is 2230. The van der Waals surface area contributed by atoms with Crippen molar-refractivity contribution < 1.29 is 36.0 Å². The van der Waals surface area contributed by atoms with Crippen molar-refractivity contribution in [1.29, 1.82) is 0 Å². The number of rotatable bonds is 12. The normalized spacial score (nSPS) is 21.5. The van der Waals surface area contributed by atoms with Crippen LogP contribution in [0.15, 0.2) is 24.3 Å². The number of carbonyl (C=O) groups is 3. The molecule has 2 spiro atoms. The standard InChI is InChI=1S/C25H38N4O5S.C20H30N4O3S/c1-18-6-7-19(21(26-18)16-22(30)27-35(32,33)20-8-9-20)17-29-13-5-10-25(29)11-14-28(15-12-25)23(31)34-24(2,3)4;1-15-3-4-16(14-24-12-2-7-20(24)8-10-21-11-9-20)18(22-15)13-19(25)23-28(26,27)17-5-6-17/h6-7,20H,5,8-17H2,1-4H3,(H,27,30);3-4,17,21H,2,5-14H2,1H3,(H,23,25). The molecule has 3 N–H and O–H groups in total. The first-order valence-electron chi connectivity index (χ1n) is 22.9. The highest BCUT2D eigenvalue weighted by atomic mass is 32.2. The van der Waals surface area contributed by atoms with Gasteiger partial charge in [-0.3, -0.25) is 38.8 Å². The van der Waals surface area contributed by atoms with E-state index in [1.165, 1.54) is 12.8 Å². The zero-order valence-corrected chi connectivity index (χ0v) is 39.5. The first-order valence-corrected chi connectivity index (χ1v) is 26.0. The third-order valence-electron chi connectivity index (χ3n) is 13.6. The molecule has 6 aliphatic rings. The van der Waals surface area contributed by atoms with E-state index in [4.69, 9.17) is 4.74 Å². The molecule has 2 aromatic rings. The fourth-order valence-corrected chi connectivity index (χ4v) is 12.5. The second-order valence-corrected chi connectivity index (χ2v) is 23.6. The van der Waals surface area contributed by atoms with E-state index in [0.717, 1.165) is 93.8 Å². The van der Waals surface area contributed by atoms with Crippen molar-refractivity contribution in [2.45, 2.75) is 165 Å². The van der Waals surface area contributed by atoms with Crippen LogP contribution in [-0.4, -0.2) is 126 Å². The van der Waals surface area contributed by atoms with Crippen molar-refractivity contribution in [2.24, 2.45) is 0 Å². The molecule has 18 heteroatoms. The number of aromatic nitrogens is 2. The van der Waals surface area contributed by atoms with E-state index in [-0.39, 0.29) is 30.0 Å². The Balaban J connectivity index is 0.000000193. The third kappa shape index (κ3) is 12.2. The van der Waals surface area contributed by atoms with Crippen molar-refractivity contribution in [2.75, 3.05) is 39.3 Å². The summed E-state index contributed by atoms with van der Waals surface area (Å²) < 4.78 is 58.5. The minimum absolute atomic E-state index is 0.00532. The second kappa shape index (κ2) is 19.0. The second-order valence-electron chi connectivity index (χ2n) is 19.7. The molecule has 3 amide bonds. The van der Waals surface area contributed by atoms with Gasteiger partial charge >= 0.3 is 6.09 Å². The highest BCUT2D eigenvalue weighted by Crippen LogP contribution is 2.41. The van der Waals surface area contributed by atoms with Gasteiger partial charge in [-0.05, 0) is 161 Å². The highest BCUT2D eigenvalue weighted by Gasteiger charge is 2.45. The number of sulfonamides is 2. The Hall–Kier alpha value is -3.71. The van der Waals surface area contributed by atoms with Gasteiger partial charge in [0.2, 0.25) is 31.9 Å². The van der Waals surface area contributed by atoms with Gasteiger partial charge in [0.05, 0.1) is 34.7 Å². The molecule has 4 aliphatic heterocycles. The molecule has 0 aromatic carbocycles. The van der Waals surface area contributed by atoms with Gasteiger partial charge in [-0.15, -0.1) is 0 Å². The van der Waals surface area contributed by atoms with Crippen LogP contribution >= 0.6 is 0 Å². The van der Waals surface area contributed by atoms with Gasteiger partial charge in [-0.1, -0.05) is 12.1 Å². The summed E-state index contributed by atoms with van der Waals surface area (Å²) >= 11 is 0. The molecule has 0 unspecified atom stereocenters. The quantitative estimate of drug-likeness (QED) is 0.275. The SMILES string of the molecule is Cc1ccc(CN2CCCC23CCN(C(=O)OC(C)(C)C)CC3)c(CC(=O)NS(=O)(=O)C2CC2)n1.Cc1ccc(CN2CCCC23CCNCC3)c(CC(=O)NS(=O)(=O)C2CC2)n1. The largest absolute Gasteiger partial charge is 0.444 e. The molecular weight excluding hydrogens is 845 g/mol. The molecule has 0 bridgehead atoms. The Labute approximate surface area is 374 Å². The van der Waals surface area contributed by atoms with Crippen LogP contribution in [0.25, 0.3) is 0 Å². The topological polar surface area (TPSA) is 200 Å². The van der Waals surface area contributed by atoms with Gasteiger partial charge in [0, 0.05) is 48.6 Å². The fourth-order valence-electron chi connectivity index (χ4n) is 9.84. The molecule has 0 radical (unpaired) electrons. The van der Waals surface area contributed by atoms with E-state index in [9.17, 15) is 31.2 Å². The molecule has 6 heterocycles. The van der Waals surface area contributed by atoms with Crippen LogP contribution < -0.4 is 14.8 Å². The number of nitrogens with zero attached hydrogens (tertiary/aromatic N) is 5. The summed E-state index contributed by atoms with van der Waals surface area (Å²) in [5.41, 5.74) is 4.70. The van der Waals surface area contributed by atoms with Crippen LogP contribution in [0.3, 0.4) is 0 Å². The molecule has 0 atom stereocenters. The monoisotopic (exact) mass is 912 g/mol. The zero-order valence-electron chi connectivity index (χ0n) is 37.8. The smallest absolute Gasteiger partial charge is 0.410 e. The maximum atomic E-state index is 12.6. The molecule has 2 aliphatic carbocycles. The van der Waals surface area contributed by atoms with Crippen molar-refractivity contribution >= 4 is 38.0 Å². The Morgan fingerprint density at radius 1 is 0.683 bits per heavy atom. The van der Waals surface area contributed by atoms with E-state index in [1.54, 1.807) is 4.90 Å². The minimum atomic E-state index is -3.58. The molecule has 6 fully saturated rings. The van der Waals surface area contributed by atoms with Crippen molar-refractivity contribution in [3.63, 3.8) is 0 Å². The lowest BCUT2D eigenvalue weighted by Crippen LogP contribution is -2.53. The summed E-state index contributed by atoms with van der Waals surface area (Å²) in [6.07, 6.45) is 10.8. The number of amides is 3. The summed E-state index contributed by atoms with van der Waals surface area (Å²) in [6.45, 7) is 16.3. The maximum Gasteiger partial charge on any atom is 0.410 e. The van der Waals surface area contributed by atoms with Crippen LogP contribution in [-0.2, 0) is 60.3 Å². The molecule has 16 nitrogen and oxygen atoms in total. The van der Waals surface area contributed by atoms with Crippen LogP contribution in [0.5, 0.6) is 0 Å². The van der Waals surface area contributed by atoms with E-state index in [0.29, 0.717) is 56.7 Å². The molecular formula is C45H68N8O8S2. The Morgan fingerprint density at radius 3 is 1.52 bits per heavy atom. The molecule has 2 aromatic heterocycles. The van der Waals surface area contributed by atoms with Crippen molar-refractivity contribution in [3.8, 4) is 0 Å². The lowest BCUT2D eigenvalue weighted by atomic mass is 9.84. The number of nitrogens with one attached hydrogen (secondary N) is 3. The van der Waals surface area contributed by atoms with Gasteiger partial charge in [0.25, 0.3) is 0 Å². The molecule has 8 rings (SSSR count). The average Bonchev–Trinajstić information content (AvgIpc) is 4.14. The number of piperidine rings is 2. The Kier molecular flexibility index (Phi) is 14.3. The summed E-state index contributed by atoms with van der Waals surface area (Å²) in [4.78, 5) is 53.5. The zero-order chi connectivity index (χ0) is 45.2. The first kappa shape index (κ1) is 47.3. The lowest BCUT2D eigenvalue weighted by molar-refractivity contribution is -0.119. The van der Waals surface area contributed by atoms with Crippen LogP contribution in [0.1, 0.15) is 132 Å². The van der Waals surface area contributed by atoms with Crippen molar-refractivity contribution in [1.82, 2.24) is 39.4 Å². The van der Waals surface area contributed by atoms with Crippen LogP contribution in [0.2, 0.25) is 0 Å². The molecule has 63 heavy (non-hydrogen) atoms. The number of carbonyl (C=O) groups excluding carboxylic acids is 3. The van der Waals surface area contributed by atoms with E-state index in [2.05, 4.69) is 34.5 Å². The van der Waals surface area contributed by atoms with Gasteiger partial charge < -0.3 is 15.0 Å². The Morgan fingerprint density at radius 2 is 1.11 bits per heavy atom. The lowest BCUT2D eigenvalue weighted by Gasteiger charge is -2.45. The number of hydrogen-bond donors (Lipinski definition) is 3. The predicted molar refractivity (Wildman–Crippen MR) is 239 cm³/mol. The van der Waals surface area contributed by atoms with Crippen LogP contribution in [0.4, 0.5) is 4.79 Å².